The average molecular weight is 347 g/mol. The fourth-order valence-corrected chi connectivity index (χ4v) is 4.07. The van der Waals surface area contributed by atoms with Gasteiger partial charge in [-0.1, -0.05) is 12.5 Å². The number of ether oxygens (including phenoxy) is 1. The number of piperidine rings is 1. The Bertz CT molecular complexity index is 650. The number of rotatable bonds is 5. The quantitative estimate of drug-likeness (QED) is 0.604. The Balaban J connectivity index is 1.65. The van der Waals surface area contributed by atoms with Gasteiger partial charge in [0.05, 0.1) is 18.0 Å². The molecule has 1 aromatic carbocycles. The lowest BCUT2D eigenvalue weighted by molar-refractivity contribution is -0.385. The van der Waals surface area contributed by atoms with Crippen LogP contribution in [0.2, 0.25) is 0 Å². The Morgan fingerprint density at radius 3 is 2.92 bits per heavy atom. The third-order valence-electron chi connectivity index (χ3n) is 5.35. The number of methoxy groups -OCH3 is 1. The highest BCUT2D eigenvalue weighted by Crippen LogP contribution is 2.32. The van der Waals surface area contributed by atoms with Crippen LogP contribution >= 0.6 is 0 Å². The van der Waals surface area contributed by atoms with Crippen LogP contribution in [-0.4, -0.2) is 53.9 Å². The minimum Gasteiger partial charge on any atom is -0.490 e. The number of benzene rings is 1. The van der Waals surface area contributed by atoms with Crippen molar-refractivity contribution in [2.24, 2.45) is 5.92 Å². The highest BCUT2D eigenvalue weighted by molar-refractivity contribution is 5.79. The number of hydrogen-bond acceptors (Lipinski definition) is 5. The van der Waals surface area contributed by atoms with Crippen LogP contribution in [0.4, 0.5) is 5.69 Å². The minimum atomic E-state index is -0.459. The van der Waals surface area contributed by atoms with Gasteiger partial charge in [-0.15, -0.1) is 0 Å². The summed E-state index contributed by atoms with van der Waals surface area (Å²) in [5, 5.41) is 11.1. The molecule has 3 rings (SSSR count). The highest BCUT2D eigenvalue weighted by atomic mass is 16.6. The van der Waals surface area contributed by atoms with Crippen molar-refractivity contribution < 1.29 is 14.5 Å². The lowest BCUT2D eigenvalue weighted by atomic mass is 9.99. The SMILES string of the molecule is COc1ccc(CN(C)C(=O)[C@@H]2C[C@@H]3CCCCN3C2)cc1[N+](=O)[O-]. The van der Waals surface area contributed by atoms with E-state index in [2.05, 4.69) is 4.90 Å². The van der Waals surface area contributed by atoms with Crippen LogP contribution in [-0.2, 0) is 11.3 Å². The molecule has 0 aliphatic carbocycles. The molecule has 0 spiro atoms. The highest BCUT2D eigenvalue weighted by Gasteiger charge is 2.38. The van der Waals surface area contributed by atoms with Crippen LogP contribution in [0.5, 0.6) is 5.75 Å². The minimum absolute atomic E-state index is 0.0429. The van der Waals surface area contributed by atoms with E-state index in [-0.39, 0.29) is 23.3 Å². The van der Waals surface area contributed by atoms with Gasteiger partial charge in [-0.2, -0.15) is 0 Å². The molecule has 0 unspecified atom stereocenters. The first kappa shape index (κ1) is 17.7. The van der Waals surface area contributed by atoms with Crippen LogP contribution in [0.25, 0.3) is 0 Å². The zero-order chi connectivity index (χ0) is 18.0. The second-order valence-corrected chi connectivity index (χ2v) is 7.03. The Morgan fingerprint density at radius 1 is 1.44 bits per heavy atom. The molecule has 0 radical (unpaired) electrons. The molecule has 2 aliphatic heterocycles. The Hall–Kier alpha value is -2.15. The molecule has 2 saturated heterocycles. The van der Waals surface area contributed by atoms with Gasteiger partial charge in [0.25, 0.3) is 0 Å². The molecule has 2 aliphatic rings. The number of amides is 1. The van der Waals surface area contributed by atoms with Crippen LogP contribution in [0, 0.1) is 16.0 Å². The molecule has 0 saturated carbocycles. The Morgan fingerprint density at radius 2 is 2.24 bits per heavy atom. The average Bonchev–Trinajstić information content (AvgIpc) is 3.04. The lowest BCUT2D eigenvalue weighted by Gasteiger charge is -2.28. The van der Waals surface area contributed by atoms with E-state index >= 15 is 0 Å². The van der Waals surface area contributed by atoms with Gasteiger partial charge in [-0.05, 0) is 37.4 Å². The predicted octanol–water partition coefficient (Wildman–Crippen LogP) is 2.44. The summed E-state index contributed by atoms with van der Waals surface area (Å²) in [5.74, 6) is 0.407. The summed E-state index contributed by atoms with van der Waals surface area (Å²) in [6.45, 7) is 2.31. The first-order valence-corrected chi connectivity index (χ1v) is 8.80. The van der Waals surface area contributed by atoms with Gasteiger partial charge in [0.1, 0.15) is 0 Å². The van der Waals surface area contributed by atoms with Crippen LogP contribution in [0.1, 0.15) is 31.2 Å². The van der Waals surface area contributed by atoms with Gasteiger partial charge in [-0.3, -0.25) is 19.8 Å². The molecule has 2 fully saturated rings. The molecular formula is C18H25N3O4. The number of hydrogen-bond donors (Lipinski definition) is 0. The van der Waals surface area contributed by atoms with Crippen molar-refractivity contribution in [3.8, 4) is 5.75 Å². The third-order valence-corrected chi connectivity index (χ3v) is 5.35. The standard InChI is InChI=1S/C18H25N3O4/c1-19(11-13-6-7-17(25-2)16(9-13)21(23)24)18(22)14-10-15-5-3-4-8-20(15)12-14/h6-7,9,14-15H,3-5,8,10-12H2,1-2H3/t14-,15+/m1/s1. The van der Waals surface area contributed by atoms with Gasteiger partial charge in [-0.25, -0.2) is 0 Å². The van der Waals surface area contributed by atoms with Gasteiger partial charge < -0.3 is 9.64 Å². The topological polar surface area (TPSA) is 75.9 Å². The fraction of sp³-hybridized carbons (Fsp3) is 0.611. The molecule has 1 aromatic rings. The summed E-state index contributed by atoms with van der Waals surface area (Å²) in [5.41, 5.74) is 0.665. The van der Waals surface area contributed by atoms with Gasteiger partial charge >= 0.3 is 5.69 Å². The molecule has 25 heavy (non-hydrogen) atoms. The van der Waals surface area contributed by atoms with E-state index in [9.17, 15) is 14.9 Å². The molecule has 2 atom stereocenters. The number of carbonyl (C=O) groups is 1. The first-order chi connectivity index (χ1) is 12.0. The lowest BCUT2D eigenvalue weighted by Crippen LogP contribution is -2.36. The first-order valence-electron chi connectivity index (χ1n) is 8.80. The summed E-state index contributed by atoms with van der Waals surface area (Å²) in [4.78, 5) is 27.6. The largest absolute Gasteiger partial charge is 0.490 e. The van der Waals surface area contributed by atoms with Crippen molar-refractivity contribution in [2.45, 2.75) is 38.3 Å². The molecule has 136 valence electrons. The molecule has 0 aromatic heterocycles. The smallest absolute Gasteiger partial charge is 0.311 e. The van der Waals surface area contributed by atoms with E-state index in [4.69, 9.17) is 4.74 Å². The second-order valence-electron chi connectivity index (χ2n) is 7.03. The predicted molar refractivity (Wildman–Crippen MR) is 93.4 cm³/mol. The summed E-state index contributed by atoms with van der Waals surface area (Å²) in [6, 6.07) is 5.40. The second kappa shape index (κ2) is 7.39. The summed E-state index contributed by atoms with van der Waals surface area (Å²) in [6.07, 6.45) is 4.61. The molecule has 0 bridgehead atoms. The van der Waals surface area contributed by atoms with Crippen molar-refractivity contribution in [1.29, 1.82) is 0 Å². The number of nitrogens with zero attached hydrogens (tertiary/aromatic N) is 3. The third kappa shape index (κ3) is 3.76. The van der Waals surface area contributed by atoms with E-state index < -0.39 is 4.92 Å². The maximum Gasteiger partial charge on any atom is 0.311 e. The summed E-state index contributed by atoms with van der Waals surface area (Å²) in [7, 11) is 3.18. The Labute approximate surface area is 147 Å². The van der Waals surface area contributed by atoms with E-state index in [1.165, 1.54) is 32.4 Å². The molecule has 7 nitrogen and oxygen atoms in total. The maximum absolute atomic E-state index is 12.8. The molecule has 2 heterocycles. The molecule has 7 heteroatoms. The van der Waals surface area contributed by atoms with Crippen LogP contribution in [0.15, 0.2) is 18.2 Å². The van der Waals surface area contributed by atoms with Gasteiger partial charge in [0.2, 0.25) is 5.91 Å². The van der Waals surface area contributed by atoms with E-state index in [1.807, 2.05) is 0 Å². The van der Waals surface area contributed by atoms with Crippen LogP contribution in [0.3, 0.4) is 0 Å². The molecular weight excluding hydrogens is 322 g/mol. The van der Waals surface area contributed by atoms with Crippen LogP contribution < -0.4 is 4.74 Å². The monoisotopic (exact) mass is 347 g/mol. The zero-order valence-corrected chi connectivity index (χ0v) is 14.8. The van der Waals surface area contributed by atoms with Crippen molar-refractivity contribution in [3.05, 3.63) is 33.9 Å². The summed E-state index contributed by atoms with van der Waals surface area (Å²) < 4.78 is 5.02. The fourth-order valence-electron chi connectivity index (χ4n) is 4.07. The van der Waals surface area contributed by atoms with Crippen molar-refractivity contribution in [3.63, 3.8) is 0 Å². The van der Waals surface area contributed by atoms with E-state index in [0.29, 0.717) is 12.6 Å². The van der Waals surface area contributed by atoms with Gasteiger partial charge in [0, 0.05) is 32.2 Å². The zero-order valence-electron chi connectivity index (χ0n) is 14.8. The van der Waals surface area contributed by atoms with Crippen molar-refractivity contribution in [2.75, 3.05) is 27.2 Å². The normalized spacial score (nSPS) is 23.1. The van der Waals surface area contributed by atoms with Crippen molar-refractivity contribution in [1.82, 2.24) is 9.80 Å². The molecule has 1 amide bonds. The summed E-state index contributed by atoms with van der Waals surface area (Å²) >= 11 is 0. The maximum atomic E-state index is 12.8. The van der Waals surface area contributed by atoms with E-state index in [1.54, 1.807) is 24.1 Å². The number of fused-ring (bicyclic) bond motifs is 1. The van der Waals surface area contributed by atoms with Gasteiger partial charge in [0.15, 0.2) is 5.75 Å². The number of nitro benzene ring substituents is 1. The number of carbonyl (C=O) groups excluding carboxylic acids is 1. The van der Waals surface area contributed by atoms with E-state index in [0.717, 1.165) is 25.1 Å². The Kier molecular flexibility index (Phi) is 5.22. The van der Waals surface area contributed by atoms with Crippen molar-refractivity contribution >= 4 is 11.6 Å². The number of nitro groups is 1. The molecule has 0 N–H and O–H groups in total.